The number of aromatic nitrogens is 2. The Morgan fingerprint density at radius 2 is 1.92 bits per heavy atom. The first-order valence-electron chi connectivity index (χ1n) is 3.95. The molecule has 1 aromatic rings. The maximum atomic E-state index is 5.37. The second-order valence-corrected chi connectivity index (χ2v) is 4.09. The third kappa shape index (κ3) is 3.32. The van der Waals surface area contributed by atoms with Crippen LogP contribution in [0.1, 0.15) is 25.8 Å². The van der Waals surface area contributed by atoms with E-state index in [1.165, 1.54) is 0 Å². The minimum absolute atomic E-state index is 0.0706. The highest BCUT2D eigenvalue weighted by atomic mass is 79.9. The minimum Gasteiger partial charge on any atom is -0.371 e. The van der Waals surface area contributed by atoms with Crippen molar-refractivity contribution in [1.29, 1.82) is 0 Å². The summed E-state index contributed by atoms with van der Waals surface area (Å²) in [5.74, 6) is 0.683. The lowest BCUT2D eigenvalue weighted by atomic mass is 10.4. The summed E-state index contributed by atoms with van der Waals surface area (Å²) in [5.41, 5.74) is 0. The zero-order valence-corrected chi connectivity index (χ0v) is 10.6. The lowest BCUT2D eigenvalue weighted by Gasteiger charge is -2.10. The van der Waals surface area contributed by atoms with E-state index in [9.17, 15) is 0 Å². The zero-order chi connectivity index (χ0) is 9.84. The molecule has 0 aliphatic carbocycles. The summed E-state index contributed by atoms with van der Waals surface area (Å²) >= 11 is 6.59. The predicted molar refractivity (Wildman–Crippen MR) is 57.5 cm³/mol. The second kappa shape index (κ2) is 5.02. The molecule has 3 nitrogen and oxygen atoms in total. The Balaban J connectivity index is 2.87. The number of hydrogen-bond donors (Lipinski definition) is 0. The van der Waals surface area contributed by atoms with Crippen molar-refractivity contribution in [2.75, 3.05) is 6.61 Å². The van der Waals surface area contributed by atoms with Crippen LogP contribution in [0.2, 0.25) is 0 Å². The molecule has 0 aromatic carbocycles. The summed E-state index contributed by atoms with van der Waals surface area (Å²) in [6.45, 7) is 4.54. The number of hydrogen-bond acceptors (Lipinski definition) is 3. The van der Waals surface area contributed by atoms with Gasteiger partial charge in [0, 0.05) is 12.7 Å². The third-order valence-electron chi connectivity index (χ3n) is 1.46. The standard InChI is InChI=1S/C8H10Br2N2O/c1-3-13-5(2)8-11-6(9)4-7(10)12-8/h4-5H,3H2,1-2H3. The van der Waals surface area contributed by atoms with Gasteiger partial charge in [0.1, 0.15) is 15.3 Å². The Bertz CT molecular complexity index is 273. The number of nitrogens with zero attached hydrogens (tertiary/aromatic N) is 2. The van der Waals surface area contributed by atoms with E-state index in [-0.39, 0.29) is 6.10 Å². The maximum Gasteiger partial charge on any atom is 0.159 e. The molecular formula is C8H10Br2N2O. The van der Waals surface area contributed by atoms with Crippen LogP contribution in [0.25, 0.3) is 0 Å². The van der Waals surface area contributed by atoms with Gasteiger partial charge in [-0.3, -0.25) is 0 Å². The molecule has 0 aliphatic heterocycles. The molecule has 13 heavy (non-hydrogen) atoms. The summed E-state index contributed by atoms with van der Waals surface area (Å²) < 4.78 is 6.89. The van der Waals surface area contributed by atoms with Gasteiger partial charge in [-0.25, -0.2) is 9.97 Å². The van der Waals surface area contributed by atoms with Crippen LogP contribution < -0.4 is 0 Å². The van der Waals surface area contributed by atoms with E-state index in [1.54, 1.807) is 6.07 Å². The largest absolute Gasteiger partial charge is 0.371 e. The van der Waals surface area contributed by atoms with E-state index in [0.717, 1.165) is 9.21 Å². The van der Waals surface area contributed by atoms with Gasteiger partial charge in [0.05, 0.1) is 0 Å². The van der Waals surface area contributed by atoms with Crippen LogP contribution in [-0.4, -0.2) is 16.6 Å². The zero-order valence-electron chi connectivity index (χ0n) is 7.42. The molecule has 1 rings (SSSR count). The van der Waals surface area contributed by atoms with Crippen LogP contribution in [0.15, 0.2) is 15.3 Å². The minimum atomic E-state index is -0.0706. The number of rotatable bonds is 3. The highest BCUT2D eigenvalue weighted by molar-refractivity contribution is 9.11. The molecule has 1 aromatic heterocycles. The van der Waals surface area contributed by atoms with Crippen molar-refractivity contribution in [2.45, 2.75) is 20.0 Å². The molecule has 0 fully saturated rings. The first-order valence-corrected chi connectivity index (χ1v) is 5.53. The van der Waals surface area contributed by atoms with Gasteiger partial charge in [0.2, 0.25) is 0 Å². The van der Waals surface area contributed by atoms with Gasteiger partial charge in [0.15, 0.2) is 5.82 Å². The normalized spacial score (nSPS) is 12.9. The molecule has 72 valence electrons. The average Bonchev–Trinajstić information content (AvgIpc) is 2.03. The van der Waals surface area contributed by atoms with Crippen LogP contribution >= 0.6 is 31.9 Å². The quantitative estimate of drug-likeness (QED) is 0.805. The average molecular weight is 310 g/mol. The van der Waals surface area contributed by atoms with E-state index in [4.69, 9.17) is 4.74 Å². The first-order chi connectivity index (χ1) is 6.13. The molecule has 5 heteroatoms. The fourth-order valence-corrected chi connectivity index (χ4v) is 2.02. The van der Waals surface area contributed by atoms with Gasteiger partial charge in [-0.15, -0.1) is 0 Å². The van der Waals surface area contributed by atoms with E-state index in [1.807, 2.05) is 13.8 Å². The first kappa shape index (κ1) is 11.1. The Morgan fingerprint density at radius 3 is 2.38 bits per heavy atom. The van der Waals surface area contributed by atoms with Gasteiger partial charge in [-0.2, -0.15) is 0 Å². The van der Waals surface area contributed by atoms with Crippen molar-refractivity contribution >= 4 is 31.9 Å². The van der Waals surface area contributed by atoms with E-state index >= 15 is 0 Å². The molecular weight excluding hydrogens is 300 g/mol. The fourth-order valence-electron chi connectivity index (χ4n) is 0.913. The lowest BCUT2D eigenvalue weighted by molar-refractivity contribution is 0.0698. The molecule has 0 saturated carbocycles. The Labute approximate surface area is 94.2 Å². The molecule has 0 aliphatic rings. The van der Waals surface area contributed by atoms with Gasteiger partial charge in [-0.1, -0.05) is 0 Å². The molecule has 0 N–H and O–H groups in total. The lowest BCUT2D eigenvalue weighted by Crippen LogP contribution is -2.05. The van der Waals surface area contributed by atoms with E-state index < -0.39 is 0 Å². The van der Waals surface area contributed by atoms with E-state index in [0.29, 0.717) is 12.4 Å². The monoisotopic (exact) mass is 308 g/mol. The molecule has 1 unspecified atom stereocenters. The summed E-state index contributed by atoms with van der Waals surface area (Å²) in [6, 6.07) is 1.79. The topological polar surface area (TPSA) is 35.0 Å². The Hall–Kier alpha value is -0.0000000000000000555. The summed E-state index contributed by atoms with van der Waals surface area (Å²) in [7, 11) is 0. The smallest absolute Gasteiger partial charge is 0.159 e. The molecule has 0 amide bonds. The van der Waals surface area contributed by atoms with Crippen molar-refractivity contribution in [2.24, 2.45) is 0 Å². The van der Waals surface area contributed by atoms with Crippen LogP contribution in [0.4, 0.5) is 0 Å². The molecule has 0 bridgehead atoms. The van der Waals surface area contributed by atoms with Crippen molar-refractivity contribution in [1.82, 2.24) is 9.97 Å². The summed E-state index contributed by atoms with van der Waals surface area (Å²) in [5, 5.41) is 0. The van der Waals surface area contributed by atoms with E-state index in [2.05, 4.69) is 41.8 Å². The highest BCUT2D eigenvalue weighted by Gasteiger charge is 2.09. The second-order valence-electron chi connectivity index (χ2n) is 2.47. The van der Waals surface area contributed by atoms with Crippen LogP contribution in [0, 0.1) is 0 Å². The maximum absolute atomic E-state index is 5.37. The summed E-state index contributed by atoms with van der Waals surface area (Å²) in [4.78, 5) is 8.41. The van der Waals surface area contributed by atoms with Crippen molar-refractivity contribution in [3.05, 3.63) is 21.1 Å². The molecule has 0 spiro atoms. The SMILES string of the molecule is CCOC(C)c1nc(Br)cc(Br)n1. The summed E-state index contributed by atoms with van der Waals surface area (Å²) in [6.07, 6.45) is -0.0706. The van der Waals surface area contributed by atoms with Gasteiger partial charge in [0.25, 0.3) is 0 Å². The van der Waals surface area contributed by atoms with Crippen LogP contribution in [-0.2, 0) is 4.74 Å². The van der Waals surface area contributed by atoms with Crippen molar-refractivity contribution in [3.8, 4) is 0 Å². The predicted octanol–water partition coefficient (Wildman–Crippen LogP) is 3.10. The molecule has 1 heterocycles. The number of ether oxygens (including phenoxy) is 1. The third-order valence-corrected chi connectivity index (χ3v) is 2.27. The Kier molecular flexibility index (Phi) is 4.28. The molecule has 0 saturated heterocycles. The molecule has 0 radical (unpaired) electrons. The van der Waals surface area contributed by atoms with Crippen LogP contribution in [0.3, 0.4) is 0 Å². The molecule has 1 atom stereocenters. The van der Waals surface area contributed by atoms with Gasteiger partial charge in [-0.05, 0) is 45.7 Å². The highest BCUT2D eigenvalue weighted by Crippen LogP contribution is 2.18. The van der Waals surface area contributed by atoms with Gasteiger partial charge >= 0.3 is 0 Å². The van der Waals surface area contributed by atoms with Gasteiger partial charge < -0.3 is 4.74 Å². The van der Waals surface area contributed by atoms with Crippen LogP contribution in [0.5, 0.6) is 0 Å². The fraction of sp³-hybridized carbons (Fsp3) is 0.500. The Morgan fingerprint density at radius 1 is 1.38 bits per heavy atom. The number of halogens is 2. The van der Waals surface area contributed by atoms with Crippen molar-refractivity contribution in [3.63, 3.8) is 0 Å². The van der Waals surface area contributed by atoms with Crippen molar-refractivity contribution < 1.29 is 4.74 Å².